The molecule has 32 heavy (non-hydrogen) atoms. The van der Waals surface area contributed by atoms with Crippen LogP contribution in [0.2, 0.25) is 0 Å². The van der Waals surface area contributed by atoms with Crippen molar-refractivity contribution in [3.05, 3.63) is 71.8 Å². The molecular formula is C24H20N6O2. The van der Waals surface area contributed by atoms with Gasteiger partial charge < -0.3 is 20.3 Å². The van der Waals surface area contributed by atoms with Gasteiger partial charge in [-0.3, -0.25) is 0 Å². The summed E-state index contributed by atoms with van der Waals surface area (Å²) in [5.74, 6) is 1.72. The first-order valence-corrected chi connectivity index (χ1v) is 9.99. The fourth-order valence-corrected chi connectivity index (χ4v) is 3.29. The smallest absolute Gasteiger partial charge is 0.248 e. The molecule has 0 aliphatic carbocycles. The second kappa shape index (κ2) is 7.66. The van der Waals surface area contributed by atoms with Gasteiger partial charge in [-0.25, -0.2) is 0 Å². The lowest BCUT2D eigenvalue weighted by Crippen LogP contribution is -1.89. The van der Waals surface area contributed by atoms with E-state index in [9.17, 15) is 0 Å². The van der Waals surface area contributed by atoms with Crippen molar-refractivity contribution in [3.8, 4) is 45.8 Å². The molecule has 5 aromatic rings. The number of nitrogens with two attached hydrogens (primary N) is 2. The summed E-state index contributed by atoms with van der Waals surface area (Å²) in [6.45, 7) is 3.87. The Hall–Kier alpha value is -4.46. The van der Waals surface area contributed by atoms with Gasteiger partial charge in [0.25, 0.3) is 0 Å². The van der Waals surface area contributed by atoms with Crippen LogP contribution in [0.25, 0.3) is 45.8 Å². The van der Waals surface area contributed by atoms with Crippen LogP contribution in [0.5, 0.6) is 0 Å². The molecule has 2 aromatic heterocycles. The van der Waals surface area contributed by atoms with Crippen LogP contribution in [-0.2, 0) is 0 Å². The monoisotopic (exact) mass is 424 g/mol. The van der Waals surface area contributed by atoms with Crippen LogP contribution in [0.3, 0.4) is 0 Å². The molecule has 158 valence electrons. The maximum atomic E-state index is 5.88. The van der Waals surface area contributed by atoms with Gasteiger partial charge in [-0.2, -0.15) is 0 Å². The molecule has 0 atom stereocenters. The van der Waals surface area contributed by atoms with Gasteiger partial charge in [-0.05, 0) is 85.6 Å². The molecule has 8 heteroatoms. The summed E-state index contributed by atoms with van der Waals surface area (Å²) in [6.07, 6.45) is 0. The van der Waals surface area contributed by atoms with Crippen molar-refractivity contribution in [2.75, 3.05) is 11.5 Å². The standard InChI is InChI=1S/C24H20N6O2/c1-13-11-17(7-9-19(13)25)23-29-27-21(31-23)15-3-5-16(6-4-15)22-28-30-24(32-22)18-8-10-20(26)14(2)12-18/h3-12H,25-26H2,1-2H3. The fraction of sp³-hybridized carbons (Fsp3) is 0.0833. The minimum Gasteiger partial charge on any atom is -0.416 e. The molecule has 0 saturated heterocycles. The van der Waals surface area contributed by atoms with Crippen molar-refractivity contribution in [2.24, 2.45) is 0 Å². The molecule has 2 heterocycles. The number of nitrogen functional groups attached to an aromatic ring is 2. The third-order valence-corrected chi connectivity index (χ3v) is 5.26. The van der Waals surface area contributed by atoms with Crippen molar-refractivity contribution in [3.63, 3.8) is 0 Å². The summed E-state index contributed by atoms with van der Waals surface area (Å²) in [5.41, 5.74) is 18.3. The van der Waals surface area contributed by atoms with E-state index in [0.717, 1.165) is 44.8 Å². The molecular weight excluding hydrogens is 404 g/mol. The molecule has 0 saturated carbocycles. The third-order valence-electron chi connectivity index (χ3n) is 5.26. The second-order valence-electron chi connectivity index (χ2n) is 7.54. The van der Waals surface area contributed by atoms with Gasteiger partial charge in [0.2, 0.25) is 23.6 Å². The van der Waals surface area contributed by atoms with Crippen LogP contribution in [0.1, 0.15) is 11.1 Å². The zero-order valence-corrected chi connectivity index (χ0v) is 17.5. The molecule has 0 aliphatic heterocycles. The van der Waals surface area contributed by atoms with Crippen LogP contribution in [0.15, 0.2) is 69.5 Å². The SMILES string of the molecule is Cc1cc(-c2nnc(-c3ccc(-c4nnc(-c5ccc(N)c(C)c5)o4)cc3)o2)ccc1N. The molecule has 0 fully saturated rings. The van der Waals surface area contributed by atoms with Gasteiger partial charge in [-0.15, -0.1) is 20.4 Å². The minimum absolute atomic E-state index is 0.421. The molecule has 0 amide bonds. The summed E-state index contributed by atoms with van der Waals surface area (Å²) >= 11 is 0. The normalized spacial score (nSPS) is 11.1. The zero-order valence-electron chi connectivity index (χ0n) is 17.5. The quantitative estimate of drug-likeness (QED) is 0.390. The Bertz CT molecular complexity index is 1310. The molecule has 0 radical (unpaired) electrons. The van der Waals surface area contributed by atoms with E-state index in [1.54, 1.807) is 0 Å². The van der Waals surface area contributed by atoms with E-state index in [-0.39, 0.29) is 0 Å². The maximum absolute atomic E-state index is 5.88. The molecule has 0 bridgehead atoms. The lowest BCUT2D eigenvalue weighted by atomic mass is 10.1. The first kappa shape index (κ1) is 19.5. The molecule has 5 rings (SSSR count). The molecule has 0 unspecified atom stereocenters. The van der Waals surface area contributed by atoms with E-state index >= 15 is 0 Å². The average molecular weight is 424 g/mol. The average Bonchev–Trinajstić information content (AvgIpc) is 3.48. The number of nitrogens with zero attached hydrogens (tertiary/aromatic N) is 4. The largest absolute Gasteiger partial charge is 0.416 e. The second-order valence-corrected chi connectivity index (χ2v) is 7.54. The maximum Gasteiger partial charge on any atom is 0.248 e. The van der Waals surface area contributed by atoms with E-state index in [0.29, 0.717) is 23.6 Å². The van der Waals surface area contributed by atoms with Crippen molar-refractivity contribution in [2.45, 2.75) is 13.8 Å². The lowest BCUT2D eigenvalue weighted by molar-refractivity contribution is 0.582. The van der Waals surface area contributed by atoms with Gasteiger partial charge in [-0.1, -0.05) is 0 Å². The Morgan fingerprint density at radius 1 is 0.500 bits per heavy atom. The van der Waals surface area contributed by atoms with Gasteiger partial charge in [0, 0.05) is 33.6 Å². The Morgan fingerprint density at radius 3 is 1.16 bits per heavy atom. The summed E-state index contributed by atoms with van der Waals surface area (Å²) in [5, 5.41) is 16.6. The van der Waals surface area contributed by atoms with Crippen LogP contribution in [-0.4, -0.2) is 20.4 Å². The number of anilines is 2. The van der Waals surface area contributed by atoms with Crippen molar-refractivity contribution < 1.29 is 8.83 Å². The van der Waals surface area contributed by atoms with Crippen LogP contribution in [0, 0.1) is 13.8 Å². The zero-order chi connectivity index (χ0) is 22.2. The summed E-state index contributed by atoms with van der Waals surface area (Å²) in [6, 6.07) is 18.7. The predicted octanol–water partition coefficient (Wildman–Crippen LogP) is 4.90. The molecule has 4 N–H and O–H groups in total. The van der Waals surface area contributed by atoms with Gasteiger partial charge >= 0.3 is 0 Å². The van der Waals surface area contributed by atoms with E-state index < -0.39 is 0 Å². The number of hydrogen-bond acceptors (Lipinski definition) is 8. The highest BCUT2D eigenvalue weighted by atomic mass is 16.4. The number of benzene rings is 3. The number of aryl methyl sites for hydroxylation is 2. The van der Waals surface area contributed by atoms with Crippen LogP contribution < -0.4 is 11.5 Å². The molecule has 0 spiro atoms. The van der Waals surface area contributed by atoms with E-state index in [1.807, 2.05) is 74.5 Å². The van der Waals surface area contributed by atoms with Crippen molar-refractivity contribution in [1.82, 2.24) is 20.4 Å². The van der Waals surface area contributed by atoms with Gasteiger partial charge in [0.05, 0.1) is 0 Å². The first-order valence-electron chi connectivity index (χ1n) is 9.99. The van der Waals surface area contributed by atoms with Crippen LogP contribution >= 0.6 is 0 Å². The van der Waals surface area contributed by atoms with Gasteiger partial charge in [0.1, 0.15) is 0 Å². The van der Waals surface area contributed by atoms with Crippen molar-refractivity contribution in [1.29, 1.82) is 0 Å². The topological polar surface area (TPSA) is 130 Å². The highest BCUT2D eigenvalue weighted by molar-refractivity contribution is 5.66. The number of rotatable bonds is 4. The summed E-state index contributed by atoms with van der Waals surface area (Å²) in [4.78, 5) is 0. The minimum atomic E-state index is 0.421. The molecule has 3 aromatic carbocycles. The number of hydrogen-bond donors (Lipinski definition) is 2. The Morgan fingerprint density at radius 2 is 0.812 bits per heavy atom. The fourth-order valence-electron chi connectivity index (χ4n) is 3.29. The molecule has 0 aliphatic rings. The van der Waals surface area contributed by atoms with Crippen LogP contribution in [0.4, 0.5) is 11.4 Å². The summed E-state index contributed by atoms with van der Waals surface area (Å²) in [7, 11) is 0. The first-order chi connectivity index (χ1) is 15.5. The van der Waals surface area contributed by atoms with E-state index in [1.165, 1.54) is 0 Å². The highest BCUT2D eigenvalue weighted by Crippen LogP contribution is 2.29. The van der Waals surface area contributed by atoms with E-state index in [2.05, 4.69) is 20.4 Å². The molecule has 8 nitrogen and oxygen atoms in total. The predicted molar refractivity (Wildman–Crippen MR) is 122 cm³/mol. The van der Waals surface area contributed by atoms with Gasteiger partial charge in [0.15, 0.2) is 0 Å². The Labute approximate surface area is 183 Å². The van der Waals surface area contributed by atoms with E-state index in [4.69, 9.17) is 20.3 Å². The summed E-state index contributed by atoms with van der Waals surface area (Å²) < 4.78 is 11.7. The highest BCUT2D eigenvalue weighted by Gasteiger charge is 2.14. The van der Waals surface area contributed by atoms with Crippen molar-refractivity contribution >= 4 is 11.4 Å². The Kier molecular flexibility index (Phi) is 4.67. The third kappa shape index (κ3) is 3.58. The Balaban J connectivity index is 1.38. The lowest BCUT2D eigenvalue weighted by Gasteiger charge is -2.01. The number of aromatic nitrogens is 4.